The van der Waals surface area contributed by atoms with Crippen LogP contribution in [0.15, 0.2) is 11.8 Å². The number of ether oxygens (including phenoxy) is 1. The molecule has 58 valence electrons. The maximum Gasteiger partial charge on any atom is 0.0920 e. The maximum atomic E-state index is 5.49. The first kappa shape index (κ1) is 7.64. The zero-order chi connectivity index (χ0) is 7.40. The Morgan fingerprint density at radius 3 is 3.00 bits per heavy atom. The molecule has 0 aromatic carbocycles. The van der Waals surface area contributed by atoms with Gasteiger partial charge in [-0.25, -0.2) is 0 Å². The van der Waals surface area contributed by atoms with E-state index < -0.39 is 0 Å². The molecular formula is C9H16O. The van der Waals surface area contributed by atoms with Gasteiger partial charge in [-0.3, -0.25) is 0 Å². The van der Waals surface area contributed by atoms with Crippen LogP contribution >= 0.6 is 0 Å². The molecule has 1 unspecified atom stereocenters. The van der Waals surface area contributed by atoms with Crippen molar-refractivity contribution in [3.05, 3.63) is 11.8 Å². The van der Waals surface area contributed by atoms with Crippen LogP contribution in [0.25, 0.3) is 0 Å². The number of rotatable bonds is 1. The molecule has 1 rings (SSSR count). The highest BCUT2D eigenvalue weighted by atomic mass is 16.5. The van der Waals surface area contributed by atoms with Crippen LogP contribution in [0.2, 0.25) is 0 Å². The lowest BCUT2D eigenvalue weighted by Crippen LogP contribution is -2.12. The molecule has 0 aromatic rings. The van der Waals surface area contributed by atoms with E-state index in [2.05, 4.69) is 19.9 Å². The highest BCUT2D eigenvalue weighted by Crippen LogP contribution is 2.20. The molecule has 0 N–H and O–H groups in total. The topological polar surface area (TPSA) is 9.23 Å². The molecule has 0 aliphatic carbocycles. The van der Waals surface area contributed by atoms with Crippen LogP contribution in [0, 0.1) is 5.92 Å². The molecule has 0 radical (unpaired) electrons. The smallest absolute Gasteiger partial charge is 0.0920 e. The van der Waals surface area contributed by atoms with Crippen molar-refractivity contribution in [3.63, 3.8) is 0 Å². The summed E-state index contributed by atoms with van der Waals surface area (Å²) in [5.41, 5.74) is 0. The van der Waals surface area contributed by atoms with E-state index in [0.29, 0.717) is 0 Å². The summed E-state index contributed by atoms with van der Waals surface area (Å²) in [6, 6.07) is 0. The first-order chi connectivity index (χ1) is 4.83. The Morgan fingerprint density at radius 1 is 1.70 bits per heavy atom. The average Bonchev–Trinajstić information content (AvgIpc) is 1.95. The Balaban J connectivity index is 2.32. The number of hydrogen-bond donors (Lipinski definition) is 0. The standard InChI is InChI=1S/C9H16O/c1-3-4-9-6-5-8(2)7-10-9/h4,8H,3,5-7H2,1-2H3/b9-4+. The Morgan fingerprint density at radius 2 is 2.50 bits per heavy atom. The lowest BCUT2D eigenvalue weighted by Gasteiger charge is -2.21. The van der Waals surface area contributed by atoms with Crippen molar-refractivity contribution in [2.75, 3.05) is 6.61 Å². The van der Waals surface area contributed by atoms with Gasteiger partial charge in [0.05, 0.1) is 12.4 Å². The van der Waals surface area contributed by atoms with Crippen LogP contribution in [-0.2, 0) is 4.74 Å². The van der Waals surface area contributed by atoms with Crippen molar-refractivity contribution in [1.82, 2.24) is 0 Å². The summed E-state index contributed by atoms with van der Waals surface area (Å²) in [6.45, 7) is 5.31. The third-order valence-electron chi connectivity index (χ3n) is 1.87. The summed E-state index contributed by atoms with van der Waals surface area (Å²) in [5.74, 6) is 1.97. The molecule has 0 amide bonds. The second-order valence-corrected chi connectivity index (χ2v) is 3.03. The lowest BCUT2D eigenvalue weighted by atomic mass is 10.0. The third kappa shape index (κ3) is 2.05. The van der Waals surface area contributed by atoms with Crippen molar-refractivity contribution in [3.8, 4) is 0 Å². The van der Waals surface area contributed by atoms with E-state index >= 15 is 0 Å². The van der Waals surface area contributed by atoms with Crippen molar-refractivity contribution < 1.29 is 4.74 Å². The van der Waals surface area contributed by atoms with Crippen molar-refractivity contribution >= 4 is 0 Å². The van der Waals surface area contributed by atoms with Gasteiger partial charge in [-0.1, -0.05) is 13.8 Å². The van der Waals surface area contributed by atoms with E-state index in [0.717, 1.165) is 25.4 Å². The van der Waals surface area contributed by atoms with Gasteiger partial charge in [-0.05, 0) is 24.8 Å². The molecule has 1 saturated heterocycles. The van der Waals surface area contributed by atoms with Crippen LogP contribution in [0.5, 0.6) is 0 Å². The van der Waals surface area contributed by atoms with Crippen LogP contribution in [0.1, 0.15) is 33.1 Å². The van der Waals surface area contributed by atoms with Crippen LogP contribution in [0.3, 0.4) is 0 Å². The van der Waals surface area contributed by atoms with Gasteiger partial charge in [0.25, 0.3) is 0 Å². The van der Waals surface area contributed by atoms with Crippen molar-refractivity contribution in [1.29, 1.82) is 0 Å². The minimum Gasteiger partial charge on any atom is -0.498 e. The minimum absolute atomic E-state index is 0.758. The maximum absolute atomic E-state index is 5.49. The first-order valence-corrected chi connectivity index (χ1v) is 4.14. The van der Waals surface area contributed by atoms with Crippen LogP contribution < -0.4 is 0 Å². The SMILES string of the molecule is CC/C=C1\CCC(C)CO1. The van der Waals surface area contributed by atoms with Gasteiger partial charge in [-0.2, -0.15) is 0 Å². The molecule has 1 heterocycles. The fourth-order valence-corrected chi connectivity index (χ4v) is 1.18. The monoisotopic (exact) mass is 140 g/mol. The van der Waals surface area contributed by atoms with Crippen LogP contribution in [-0.4, -0.2) is 6.61 Å². The molecule has 10 heavy (non-hydrogen) atoms. The molecule has 0 aromatic heterocycles. The van der Waals surface area contributed by atoms with E-state index in [1.807, 2.05) is 0 Å². The Bertz CT molecular complexity index is 117. The molecule has 1 aliphatic rings. The van der Waals surface area contributed by atoms with E-state index in [1.54, 1.807) is 0 Å². The summed E-state index contributed by atoms with van der Waals surface area (Å²) < 4.78 is 5.49. The second-order valence-electron chi connectivity index (χ2n) is 3.03. The molecule has 1 fully saturated rings. The van der Waals surface area contributed by atoms with Gasteiger partial charge in [-0.15, -0.1) is 0 Å². The summed E-state index contributed by atoms with van der Waals surface area (Å²) in [6.07, 6.45) is 5.73. The van der Waals surface area contributed by atoms with Gasteiger partial charge in [0.2, 0.25) is 0 Å². The lowest BCUT2D eigenvalue weighted by molar-refractivity contribution is 0.122. The highest BCUT2D eigenvalue weighted by Gasteiger charge is 2.11. The fourth-order valence-electron chi connectivity index (χ4n) is 1.18. The molecular weight excluding hydrogens is 124 g/mol. The van der Waals surface area contributed by atoms with Gasteiger partial charge < -0.3 is 4.74 Å². The minimum atomic E-state index is 0.758. The summed E-state index contributed by atoms with van der Waals surface area (Å²) in [5, 5.41) is 0. The predicted molar refractivity (Wildman–Crippen MR) is 42.7 cm³/mol. The predicted octanol–water partition coefficient (Wildman–Crippen LogP) is 2.73. The van der Waals surface area contributed by atoms with E-state index in [1.165, 1.54) is 12.2 Å². The third-order valence-corrected chi connectivity index (χ3v) is 1.87. The van der Waals surface area contributed by atoms with E-state index in [9.17, 15) is 0 Å². The molecule has 0 spiro atoms. The van der Waals surface area contributed by atoms with E-state index in [-0.39, 0.29) is 0 Å². The number of allylic oxidation sites excluding steroid dienone is 2. The van der Waals surface area contributed by atoms with Crippen molar-refractivity contribution in [2.45, 2.75) is 33.1 Å². The molecule has 1 aliphatic heterocycles. The molecule has 1 nitrogen and oxygen atoms in total. The zero-order valence-corrected chi connectivity index (χ0v) is 6.89. The normalized spacial score (nSPS) is 30.2. The van der Waals surface area contributed by atoms with Gasteiger partial charge in [0.15, 0.2) is 0 Å². The van der Waals surface area contributed by atoms with Crippen molar-refractivity contribution in [2.24, 2.45) is 5.92 Å². The number of hydrogen-bond acceptors (Lipinski definition) is 1. The van der Waals surface area contributed by atoms with Gasteiger partial charge >= 0.3 is 0 Å². The summed E-state index contributed by atoms with van der Waals surface area (Å²) in [4.78, 5) is 0. The molecule has 0 bridgehead atoms. The fraction of sp³-hybridized carbons (Fsp3) is 0.778. The van der Waals surface area contributed by atoms with Crippen LogP contribution in [0.4, 0.5) is 0 Å². The van der Waals surface area contributed by atoms with E-state index in [4.69, 9.17) is 4.74 Å². The average molecular weight is 140 g/mol. The molecule has 1 heteroatoms. The zero-order valence-electron chi connectivity index (χ0n) is 6.89. The largest absolute Gasteiger partial charge is 0.498 e. The highest BCUT2D eigenvalue weighted by molar-refractivity contribution is 4.94. The first-order valence-electron chi connectivity index (χ1n) is 4.14. The Labute approximate surface area is 63.1 Å². The Hall–Kier alpha value is -0.460. The van der Waals surface area contributed by atoms with Gasteiger partial charge in [0, 0.05) is 6.42 Å². The molecule has 0 saturated carbocycles. The molecule has 1 atom stereocenters. The second kappa shape index (κ2) is 3.65. The summed E-state index contributed by atoms with van der Waals surface area (Å²) >= 11 is 0. The summed E-state index contributed by atoms with van der Waals surface area (Å²) in [7, 11) is 0. The Kier molecular flexibility index (Phi) is 2.79. The quantitative estimate of drug-likeness (QED) is 0.544. The van der Waals surface area contributed by atoms with Gasteiger partial charge in [0.1, 0.15) is 0 Å².